The number of unbranched alkanes of at least 4 members (excludes halogenated alkanes) is 1. The minimum atomic E-state index is 0. The number of ether oxygens (including phenoxy) is 1. The van der Waals surface area contributed by atoms with Gasteiger partial charge in [-0.1, -0.05) is 13.3 Å². The van der Waals surface area contributed by atoms with Crippen LogP contribution in [0.25, 0.3) is 0 Å². The molecule has 0 heterocycles. The summed E-state index contributed by atoms with van der Waals surface area (Å²) in [6.45, 7) is 4.32. The van der Waals surface area contributed by atoms with E-state index in [9.17, 15) is 4.79 Å². The Labute approximate surface area is 128 Å². The van der Waals surface area contributed by atoms with Gasteiger partial charge in [0.05, 0.1) is 12.5 Å². The topological polar surface area (TPSA) is 55.6 Å². The molecule has 2 aliphatic carbocycles. The van der Waals surface area contributed by atoms with Gasteiger partial charge in [-0.15, -0.1) is 12.4 Å². The molecule has 4 unspecified atom stereocenters. The van der Waals surface area contributed by atoms with Crippen LogP contribution in [0.5, 0.6) is 0 Å². The smallest absolute Gasteiger partial charge is 0.227 e. The first-order chi connectivity index (χ1) is 9.19. The van der Waals surface area contributed by atoms with Gasteiger partial charge in [0.25, 0.3) is 0 Å². The number of nitrogens with zero attached hydrogens (tertiary/aromatic N) is 1. The zero-order valence-corrected chi connectivity index (χ0v) is 13.5. The van der Waals surface area contributed by atoms with Gasteiger partial charge in [0.15, 0.2) is 0 Å². The van der Waals surface area contributed by atoms with E-state index in [-0.39, 0.29) is 30.3 Å². The van der Waals surface area contributed by atoms with E-state index >= 15 is 0 Å². The largest absolute Gasteiger partial charge is 0.383 e. The number of rotatable bonds is 7. The lowest BCUT2D eigenvalue weighted by Gasteiger charge is -2.32. The lowest BCUT2D eigenvalue weighted by molar-refractivity contribution is -0.138. The highest BCUT2D eigenvalue weighted by molar-refractivity contribution is 5.85. The monoisotopic (exact) mass is 304 g/mol. The van der Waals surface area contributed by atoms with Crippen molar-refractivity contribution in [3.63, 3.8) is 0 Å². The van der Waals surface area contributed by atoms with Crippen LogP contribution in [-0.2, 0) is 9.53 Å². The van der Waals surface area contributed by atoms with E-state index in [0.717, 1.165) is 19.4 Å². The minimum Gasteiger partial charge on any atom is -0.383 e. The molecule has 0 aromatic heterocycles. The van der Waals surface area contributed by atoms with Gasteiger partial charge in [-0.05, 0) is 37.5 Å². The summed E-state index contributed by atoms with van der Waals surface area (Å²) >= 11 is 0. The van der Waals surface area contributed by atoms with Crippen molar-refractivity contribution in [2.24, 2.45) is 23.5 Å². The van der Waals surface area contributed by atoms with E-state index in [4.69, 9.17) is 10.5 Å². The first-order valence-corrected chi connectivity index (χ1v) is 7.72. The number of carbonyl (C=O) groups is 1. The molecule has 0 aliphatic heterocycles. The van der Waals surface area contributed by atoms with Crippen molar-refractivity contribution in [3.8, 4) is 0 Å². The maximum Gasteiger partial charge on any atom is 0.227 e. The molecule has 5 heteroatoms. The summed E-state index contributed by atoms with van der Waals surface area (Å²) < 4.78 is 5.13. The predicted molar refractivity (Wildman–Crippen MR) is 82.9 cm³/mol. The molecule has 0 aromatic rings. The Kier molecular flexibility index (Phi) is 7.27. The van der Waals surface area contributed by atoms with Crippen LogP contribution in [0.15, 0.2) is 0 Å². The van der Waals surface area contributed by atoms with Gasteiger partial charge in [0.1, 0.15) is 0 Å². The molecule has 0 saturated heterocycles. The molecule has 0 radical (unpaired) electrons. The normalized spacial score (nSPS) is 31.1. The van der Waals surface area contributed by atoms with Gasteiger partial charge in [-0.25, -0.2) is 0 Å². The molecule has 4 nitrogen and oxygen atoms in total. The van der Waals surface area contributed by atoms with Crippen molar-refractivity contribution in [1.29, 1.82) is 0 Å². The van der Waals surface area contributed by atoms with Crippen LogP contribution in [-0.4, -0.2) is 43.7 Å². The van der Waals surface area contributed by atoms with E-state index in [1.807, 2.05) is 4.90 Å². The highest BCUT2D eigenvalue weighted by Crippen LogP contribution is 2.48. The fourth-order valence-corrected chi connectivity index (χ4v) is 3.80. The average molecular weight is 305 g/mol. The van der Waals surface area contributed by atoms with E-state index < -0.39 is 0 Å². The number of nitrogens with two attached hydrogens (primary N) is 1. The molecule has 2 fully saturated rings. The Morgan fingerprint density at radius 2 is 2.00 bits per heavy atom. The van der Waals surface area contributed by atoms with Gasteiger partial charge >= 0.3 is 0 Å². The van der Waals surface area contributed by atoms with Crippen LogP contribution in [0.4, 0.5) is 0 Å². The highest BCUT2D eigenvalue weighted by Gasteiger charge is 2.49. The fraction of sp³-hybridized carbons (Fsp3) is 0.933. The molecule has 0 spiro atoms. The second-order valence-corrected chi connectivity index (χ2v) is 6.11. The predicted octanol–water partition coefficient (Wildman–Crippen LogP) is 2.06. The molecule has 2 bridgehead atoms. The number of carbonyl (C=O) groups excluding carboxylic acids is 1. The van der Waals surface area contributed by atoms with Crippen LogP contribution in [0.1, 0.15) is 39.0 Å². The van der Waals surface area contributed by atoms with Crippen molar-refractivity contribution in [3.05, 3.63) is 0 Å². The van der Waals surface area contributed by atoms with Gasteiger partial charge in [0.2, 0.25) is 5.91 Å². The van der Waals surface area contributed by atoms with E-state index in [2.05, 4.69) is 6.92 Å². The van der Waals surface area contributed by atoms with E-state index in [1.165, 1.54) is 19.3 Å². The first kappa shape index (κ1) is 17.7. The highest BCUT2D eigenvalue weighted by atomic mass is 35.5. The molecule has 2 N–H and O–H groups in total. The van der Waals surface area contributed by atoms with E-state index in [1.54, 1.807) is 7.11 Å². The van der Waals surface area contributed by atoms with Crippen molar-refractivity contribution in [1.82, 2.24) is 4.90 Å². The molecule has 0 aromatic carbocycles. The Hall–Kier alpha value is -0.320. The lowest BCUT2D eigenvalue weighted by atomic mass is 9.84. The molecule has 2 rings (SSSR count). The summed E-state index contributed by atoms with van der Waals surface area (Å²) in [4.78, 5) is 14.7. The minimum absolute atomic E-state index is 0. The van der Waals surface area contributed by atoms with E-state index in [0.29, 0.717) is 25.0 Å². The number of hydrogen-bond acceptors (Lipinski definition) is 3. The quantitative estimate of drug-likeness (QED) is 0.783. The molecule has 20 heavy (non-hydrogen) atoms. The maximum absolute atomic E-state index is 12.7. The summed E-state index contributed by atoms with van der Waals surface area (Å²) in [6, 6.07) is 0.0953. The molecule has 1 amide bonds. The Morgan fingerprint density at radius 3 is 2.55 bits per heavy atom. The first-order valence-electron chi connectivity index (χ1n) is 7.72. The number of halogens is 1. The molecular weight excluding hydrogens is 276 g/mol. The van der Waals surface area contributed by atoms with Crippen molar-refractivity contribution in [2.45, 2.75) is 45.1 Å². The van der Waals surface area contributed by atoms with Crippen LogP contribution in [0.2, 0.25) is 0 Å². The number of methoxy groups -OCH3 is 1. The zero-order chi connectivity index (χ0) is 13.8. The number of hydrogen-bond donors (Lipinski definition) is 1. The third-order valence-corrected chi connectivity index (χ3v) is 4.92. The number of amides is 1. The fourth-order valence-electron chi connectivity index (χ4n) is 3.80. The van der Waals surface area contributed by atoms with Crippen LogP contribution in [0.3, 0.4) is 0 Å². The van der Waals surface area contributed by atoms with Crippen molar-refractivity contribution < 1.29 is 9.53 Å². The summed E-state index contributed by atoms with van der Waals surface area (Å²) in [7, 11) is 1.69. The Bertz CT molecular complexity index is 304. The van der Waals surface area contributed by atoms with Crippen molar-refractivity contribution in [2.75, 3.05) is 26.8 Å². The van der Waals surface area contributed by atoms with Gasteiger partial charge < -0.3 is 15.4 Å². The molecular formula is C15H29ClN2O2. The van der Waals surface area contributed by atoms with Crippen LogP contribution < -0.4 is 5.73 Å². The van der Waals surface area contributed by atoms with Gasteiger partial charge in [0, 0.05) is 26.2 Å². The summed E-state index contributed by atoms with van der Waals surface area (Å²) in [5.74, 6) is 1.49. The SMILES string of the molecule is CCCCN(CCOC)C(=O)C1C2CCC(C2)C1N.Cl. The maximum atomic E-state index is 12.7. The third-order valence-electron chi connectivity index (χ3n) is 4.92. The summed E-state index contributed by atoms with van der Waals surface area (Å²) in [6.07, 6.45) is 5.76. The molecule has 2 saturated carbocycles. The summed E-state index contributed by atoms with van der Waals surface area (Å²) in [5.41, 5.74) is 6.28. The van der Waals surface area contributed by atoms with Gasteiger partial charge in [-0.3, -0.25) is 4.79 Å². The Morgan fingerprint density at radius 1 is 1.30 bits per heavy atom. The van der Waals surface area contributed by atoms with Crippen molar-refractivity contribution >= 4 is 18.3 Å². The average Bonchev–Trinajstić information content (AvgIpc) is 2.99. The number of fused-ring (bicyclic) bond motifs is 2. The molecule has 4 atom stereocenters. The second-order valence-electron chi connectivity index (χ2n) is 6.11. The second kappa shape index (κ2) is 8.20. The van der Waals surface area contributed by atoms with Crippen LogP contribution in [0, 0.1) is 17.8 Å². The third kappa shape index (κ3) is 3.66. The zero-order valence-electron chi connectivity index (χ0n) is 12.7. The molecule has 2 aliphatic rings. The van der Waals surface area contributed by atoms with Gasteiger partial charge in [-0.2, -0.15) is 0 Å². The lowest BCUT2D eigenvalue weighted by Crippen LogP contribution is -2.48. The van der Waals surface area contributed by atoms with Crippen LogP contribution >= 0.6 is 12.4 Å². The Balaban J connectivity index is 0.00000200. The molecule has 118 valence electrons. The standard InChI is InChI=1S/C15H28N2O2.ClH/c1-3-4-7-17(8-9-19-2)15(18)13-11-5-6-12(10-11)14(13)16;/h11-14H,3-10,16H2,1-2H3;1H. The summed E-state index contributed by atoms with van der Waals surface area (Å²) in [5, 5.41) is 0.